The Hall–Kier alpha value is -1.55. The van der Waals surface area contributed by atoms with Gasteiger partial charge in [0.05, 0.1) is 15.4 Å². The fourth-order valence-corrected chi connectivity index (χ4v) is 5.14. The van der Waals surface area contributed by atoms with E-state index in [4.69, 9.17) is 23.2 Å². The zero-order valence-electron chi connectivity index (χ0n) is 17.7. The molecular weight excluding hydrogens is 528 g/mol. The van der Waals surface area contributed by atoms with Crippen molar-refractivity contribution in [2.75, 3.05) is 6.54 Å². The molecule has 4 rings (SSSR count). The van der Waals surface area contributed by atoms with Crippen LogP contribution < -0.4 is 16.0 Å². The molecule has 1 saturated heterocycles. The average Bonchev–Trinajstić information content (AvgIpc) is 3.47. The lowest BCUT2D eigenvalue weighted by Crippen LogP contribution is -2.49. The summed E-state index contributed by atoms with van der Waals surface area (Å²) in [7, 11) is 0. The van der Waals surface area contributed by atoms with Crippen molar-refractivity contribution in [1.29, 1.82) is 0 Å². The number of H-pyrrole nitrogens is 1. The highest BCUT2D eigenvalue weighted by Gasteiger charge is 2.31. The molecule has 7 nitrogen and oxygen atoms in total. The van der Waals surface area contributed by atoms with E-state index < -0.39 is 6.04 Å². The van der Waals surface area contributed by atoms with E-state index in [0.29, 0.717) is 23.1 Å². The molecule has 33 heavy (non-hydrogen) atoms. The highest BCUT2D eigenvalue weighted by Crippen LogP contribution is 2.27. The van der Waals surface area contributed by atoms with Gasteiger partial charge in [-0.1, -0.05) is 23.2 Å². The Morgan fingerprint density at radius 3 is 2.82 bits per heavy atom. The second-order valence-corrected chi connectivity index (χ2v) is 10.0. The molecule has 1 fully saturated rings. The maximum Gasteiger partial charge on any atom is 0.242 e. The van der Waals surface area contributed by atoms with Crippen LogP contribution in [0.15, 0.2) is 30.6 Å². The number of halogens is 4. The molecule has 1 aliphatic rings. The monoisotopic (exact) mass is 551 g/mol. The van der Waals surface area contributed by atoms with Crippen LogP contribution in [0.2, 0.25) is 9.36 Å². The Bertz CT molecular complexity index is 1110. The van der Waals surface area contributed by atoms with E-state index in [-0.39, 0.29) is 42.7 Å². The summed E-state index contributed by atoms with van der Waals surface area (Å²) < 4.78 is 0.780. The quantitative estimate of drug-likeness (QED) is 0.354. The maximum absolute atomic E-state index is 12.6. The number of carbonyl (C=O) groups excluding carboxylic acids is 2. The van der Waals surface area contributed by atoms with Crippen molar-refractivity contribution in [3.8, 4) is 0 Å². The maximum atomic E-state index is 12.6. The molecule has 0 radical (unpaired) electrons. The summed E-state index contributed by atoms with van der Waals surface area (Å²) in [6.07, 6.45) is 4.99. The number of thiophene rings is 1. The number of carbonyl (C=O) groups is 2. The van der Waals surface area contributed by atoms with Gasteiger partial charge >= 0.3 is 0 Å². The van der Waals surface area contributed by atoms with Gasteiger partial charge in [0.15, 0.2) is 0 Å². The van der Waals surface area contributed by atoms with Crippen LogP contribution in [0.1, 0.15) is 23.8 Å². The summed E-state index contributed by atoms with van der Waals surface area (Å²) in [6, 6.07) is 4.88. The molecule has 3 aromatic rings. The third kappa shape index (κ3) is 6.97. The number of nitrogens with one attached hydrogen (secondary N) is 4. The van der Waals surface area contributed by atoms with Gasteiger partial charge in [0.2, 0.25) is 11.8 Å². The molecule has 0 aliphatic carbocycles. The second kappa shape index (κ2) is 12.2. The summed E-state index contributed by atoms with van der Waals surface area (Å²) in [5.74, 6) is -0.0368. The van der Waals surface area contributed by atoms with Gasteiger partial charge in [0.1, 0.15) is 11.7 Å². The van der Waals surface area contributed by atoms with Crippen LogP contribution in [0, 0.1) is 5.92 Å². The standard InChI is InChI=1S/C21H23Cl2N5O2S.2ClH/c1-11(20(29)27-9-13-5-15-16(22)10-26-19(15)25-8-13)28-21(30)17-6-12(7-24-17)4-14-2-3-18(23)31-14;;/h2-3,5,8,10-12,17,24H,4,6-7,9H2,1H3,(H,25,26)(H,27,29)(H,28,30);2*1H/t11?,12-,17+;;/m0../s1. The second-order valence-electron chi connectivity index (χ2n) is 7.80. The highest BCUT2D eigenvalue weighted by molar-refractivity contribution is 7.16. The van der Waals surface area contributed by atoms with E-state index in [1.807, 2.05) is 18.2 Å². The van der Waals surface area contributed by atoms with E-state index in [9.17, 15) is 9.59 Å². The third-order valence-electron chi connectivity index (χ3n) is 5.41. The van der Waals surface area contributed by atoms with Crippen molar-refractivity contribution in [2.24, 2.45) is 5.92 Å². The van der Waals surface area contributed by atoms with Crippen LogP contribution in [0.4, 0.5) is 0 Å². The number of amides is 2. The first-order chi connectivity index (χ1) is 14.9. The predicted molar refractivity (Wildman–Crippen MR) is 138 cm³/mol. The van der Waals surface area contributed by atoms with Gasteiger partial charge in [0, 0.05) is 29.2 Å². The van der Waals surface area contributed by atoms with E-state index in [1.54, 1.807) is 30.7 Å². The summed E-state index contributed by atoms with van der Waals surface area (Å²) >= 11 is 13.7. The van der Waals surface area contributed by atoms with E-state index in [1.165, 1.54) is 4.88 Å². The number of nitrogens with zero attached hydrogens (tertiary/aromatic N) is 1. The Balaban J connectivity index is 0.00000193. The summed E-state index contributed by atoms with van der Waals surface area (Å²) in [6.45, 7) is 2.75. The lowest BCUT2D eigenvalue weighted by molar-refractivity contribution is -0.129. The molecule has 4 heterocycles. The summed E-state index contributed by atoms with van der Waals surface area (Å²) in [5.41, 5.74) is 1.53. The topological polar surface area (TPSA) is 98.9 Å². The lowest BCUT2D eigenvalue weighted by Gasteiger charge is -2.17. The molecule has 3 atom stereocenters. The van der Waals surface area contributed by atoms with Gasteiger partial charge in [-0.15, -0.1) is 36.2 Å². The van der Waals surface area contributed by atoms with Crippen LogP contribution in [0.3, 0.4) is 0 Å². The smallest absolute Gasteiger partial charge is 0.242 e. The molecule has 0 saturated carbocycles. The van der Waals surface area contributed by atoms with E-state index in [2.05, 4.69) is 25.9 Å². The Morgan fingerprint density at radius 2 is 2.09 bits per heavy atom. The molecule has 0 bridgehead atoms. The number of aromatic amines is 1. The Morgan fingerprint density at radius 1 is 1.30 bits per heavy atom. The first kappa shape index (κ1) is 27.7. The van der Waals surface area contributed by atoms with Crippen LogP contribution >= 0.6 is 59.4 Å². The van der Waals surface area contributed by atoms with Gasteiger partial charge in [-0.25, -0.2) is 4.98 Å². The zero-order chi connectivity index (χ0) is 22.0. The van der Waals surface area contributed by atoms with Crippen LogP contribution in [-0.2, 0) is 22.6 Å². The van der Waals surface area contributed by atoms with Crippen LogP contribution in [0.25, 0.3) is 11.0 Å². The fraction of sp³-hybridized carbons (Fsp3) is 0.381. The number of fused-ring (bicyclic) bond motifs is 1. The van der Waals surface area contributed by atoms with Gasteiger partial charge in [0.25, 0.3) is 0 Å². The molecule has 1 aliphatic heterocycles. The lowest BCUT2D eigenvalue weighted by atomic mass is 10.0. The van der Waals surface area contributed by atoms with Crippen molar-refractivity contribution >= 4 is 82.2 Å². The normalized spacial score (nSPS) is 18.3. The number of hydrogen-bond donors (Lipinski definition) is 4. The molecule has 3 aromatic heterocycles. The molecule has 0 spiro atoms. The van der Waals surface area contributed by atoms with Crippen molar-refractivity contribution < 1.29 is 9.59 Å². The van der Waals surface area contributed by atoms with E-state index >= 15 is 0 Å². The van der Waals surface area contributed by atoms with Crippen molar-refractivity contribution in [1.82, 2.24) is 25.9 Å². The Kier molecular flexibility index (Phi) is 10.3. The molecule has 12 heteroatoms. The number of aromatic nitrogens is 2. The van der Waals surface area contributed by atoms with Gasteiger partial charge in [-0.05, 0) is 56.0 Å². The minimum atomic E-state index is -0.642. The van der Waals surface area contributed by atoms with E-state index in [0.717, 1.165) is 34.7 Å². The van der Waals surface area contributed by atoms with Crippen molar-refractivity contribution in [2.45, 2.75) is 38.4 Å². The molecule has 4 N–H and O–H groups in total. The van der Waals surface area contributed by atoms with Crippen molar-refractivity contribution in [3.05, 3.63) is 50.4 Å². The molecule has 0 aromatic carbocycles. The fourth-order valence-electron chi connectivity index (χ4n) is 3.74. The first-order valence-corrected chi connectivity index (χ1v) is 11.6. The van der Waals surface area contributed by atoms with Gasteiger partial charge < -0.3 is 20.9 Å². The molecule has 1 unspecified atom stereocenters. The van der Waals surface area contributed by atoms with Crippen LogP contribution in [-0.4, -0.2) is 40.4 Å². The van der Waals surface area contributed by atoms with Crippen molar-refractivity contribution in [3.63, 3.8) is 0 Å². The Labute approximate surface area is 218 Å². The first-order valence-electron chi connectivity index (χ1n) is 10.1. The number of rotatable bonds is 7. The van der Waals surface area contributed by atoms with Crippen LogP contribution in [0.5, 0.6) is 0 Å². The average molecular weight is 553 g/mol. The molecular formula is C21H25Cl4N5O2S. The van der Waals surface area contributed by atoms with Gasteiger partial charge in [-0.3, -0.25) is 9.59 Å². The largest absolute Gasteiger partial charge is 0.350 e. The minimum absolute atomic E-state index is 0. The highest BCUT2D eigenvalue weighted by atomic mass is 35.5. The zero-order valence-corrected chi connectivity index (χ0v) is 21.7. The summed E-state index contributed by atoms with van der Waals surface area (Å²) in [5, 5.41) is 10.3. The predicted octanol–water partition coefficient (Wildman–Crippen LogP) is 4.12. The third-order valence-corrected chi connectivity index (χ3v) is 6.98. The number of pyridine rings is 1. The molecule has 180 valence electrons. The van der Waals surface area contributed by atoms with Gasteiger partial charge in [-0.2, -0.15) is 0 Å². The minimum Gasteiger partial charge on any atom is -0.350 e. The molecule has 2 amide bonds. The number of hydrogen-bond acceptors (Lipinski definition) is 5. The summed E-state index contributed by atoms with van der Waals surface area (Å²) in [4.78, 5) is 33.5. The SMILES string of the molecule is CC(NC(=O)[C@H]1C[C@H](Cc2ccc(Cl)s2)CN1)C(=O)NCc1cnc2[nH]cc(Cl)c2c1.Cl.Cl.